The molecule has 0 aliphatic heterocycles. The van der Waals surface area contributed by atoms with Gasteiger partial charge < -0.3 is 10.6 Å². The average Bonchev–Trinajstić information content (AvgIpc) is 3.28. The summed E-state index contributed by atoms with van der Waals surface area (Å²) >= 11 is 5.98. The van der Waals surface area contributed by atoms with Crippen LogP contribution >= 0.6 is 11.6 Å². The number of anilines is 1. The van der Waals surface area contributed by atoms with Crippen molar-refractivity contribution in [1.29, 1.82) is 0 Å². The third-order valence-corrected chi connectivity index (χ3v) is 5.96. The van der Waals surface area contributed by atoms with E-state index < -0.39 is 0 Å². The third-order valence-electron chi connectivity index (χ3n) is 5.70. The van der Waals surface area contributed by atoms with Gasteiger partial charge in [0.05, 0.1) is 34.9 Å². The maximum Gasteiger partial charge on any atom is 0.259 e. The van der Waals surface area contributed by atoms with E-state index >= 15 is 0 Å². The number of aromatic nitrogens is 5. The molecule has 0 fully saturated rings. The van der Waals surface area contributed by atoms with E-state index in [1.54, 1.807) is 41.6 Å². The summed E-state index contributed by atoms with van der Waals surface area (Å²) in [5.74, 6) is 0.185. The highest BCUT2D eigenvalue weighted by Gasteiger charge is 2.19. The van der Waals surface area contributed by atoms with E-state index in [1.807, 2.05) is 55.5 Å². The topological polar surface area (TPSA) is 97.6 Å². The summed E-state index contributed by atoms with van der Waals surface area (Å²) in [5, 5.41) is 11.2. The van der Waals surface area contributed by atoms with Gasteiger partial charge in [-0.05, 0) is 67.1 Å². The van der Waals surface area contributed by atoms with E-state index in [1.165, 1.54) is 0 Å². The standard InChI is InChI=1S/C27H22ClN7O/c1-17-5-8-21(14-25(17)34-27-30-13-11-24(33-27)19-4-3-12-29-15-19)32-26(36)23-16-31-35(18(23)2)22-9-6-20(28)7-10-22/h3-16,25H,1H2,2H3,(H,32,36)(H,30,33,34). The van der Waals surface area contributed by atoms with E-state index in [2.05, 4.69) is 37.3 Å². The Labute approximate surface area is 213 Å². The Morgan fingerprint density at radius 2 is 1.92 bits per heavy atom. The van der Waals surface area contributed by atoms with Gasteiger partial charge in [-0.1, -0.05) is 24.3 Å². The first-order chi connectivity index (χ1) is 17.5. The molecule has 3 heterocycles. The Bertz CT molecular complexity index is 1490. The van der Waals surface area contributed by atoms with Crippen LogP contribution in [-0.2, 0) is 0 Å². The molecule has 4 aromatic rings. The second kappa shape index (κ2) is 9.97. The van der Waals surface area contributed by atoms with Crippen LogP contribution in [0.4, 0.5) is 5.95 Å². The Kier molecular flexibility index (Phi) is 6.42. The van der Waals surface area contributed by atoms with Gasteiger partial charge in [0.1, 0.15) is 0 Å². The second-order valence-corrected chi connectivity index (χ2v) is 8.58. The van der Waals surface area contributed by atoms with Crippen molar-refractivity contribution in [1.82, 2.24) is 30.0 Å². The largest absolute Gasteiger partial charge is 0.344 e. The van der Waals surface area contributed by atoms with Crippen molar-refractivity contribution in [2.75, 3.05) is 5.32 Å². The van der Waals surface area contributed by atoms with Crippen molar-refractivity contribution in [2.45, 2.75) is 13.0 Å². The molecule has 36 heavy (non-hydrogen) atoms. The van der Waals surface area contributed by atoms with Gasteiger partial charge in [0.25, 0.3) is 5.91 Å². The number of hydrogen-bond donors (Lipinski definition) is 2. The first-order valence-corrected chi connectivity index (χ1v) is 11.6. The highest BCUT2D eigenvalue weighted by Crippen LogP contribution is 2.21. The molecule has 3 aromatic heterocycles. The fraction of sp³-hybridized carbons (Fsp3) is 0.0741. The lowest BCUT2D eigenvalue weighted by Gasteiger charge is -2.21. The van der Waals surface area contributed by atoms with Crippen molar-refractivity contribution in [3.05, 3.63) is 120 Å². The van der Waals surface area contributed by atoms with Crippen molar-refractivity contribution >= 4 is 23.5 Å². The number of nitrogens with one attached hydrogen (secondary N) is 2. The van der Waals surface area contributed by atoms with Crippen LogP contribution in [-0.4, -0.2) is 36.7 Å². The minimum absolute atomic E-state index is 0.260. The minimum Gasteiger partial charge on any atom is -0.344 e. The maximum absolute atomic E-state index is 13.0. The molecule has 0 spiro atoms. The van der Waals surface area contributed by atoms with Gasteiger partial charge in [-0.2, -0.15) is 5.10 Å². The molecule has 0 radical (unpaired) electrons. The number of carbonyl (C=O) groups excluding carboxylic acids is 1. The number of carbonyl (C=O) groups is 1. The molecular formula is C27H22ClN7O. The van der Waals surface area contributed by atoms with Crippen molar-refractivity contribution in [2.24, 2.45) is 0 Å². The van der Waals surface area contributed by atoms with Gasteiger partial charge in [-0.15, -0.1) is 0 Å². The van der Waals surface area contributed by atoms with Crippen molar-refractivity contribution in [3.8, 4) is 16.9 Å². The SMILES string of the molecule is C=C1C=CC(NC(=O)c2cnn(-c3ccc(Cl)cc3)c2C)=CC1Nc1nccc(-c2cccnc2)n1. The summed E-state index contributed by atoms with van der Waals surface area (Å²) in [5.41, 5.74) is 5.10. The van der Waals surface area contributed by atoms with Gasteiger partial charge in [-0.25, -0.2) is 14.6 Å². The first-order valence-electron chi connectivity index (χ1n) is 11.2. The number of rotatable bonds is 6. The number of benzene rings is 1. The molecule has 0 saturated heterocycles. The zero-order valence-corrected chi connectivity index (χ0v) is 20.1. The quantitative estimate of drug-likeness (QED) is 0.394. The highest BCUT2D eigenvalue weighted by atomic mass is 35.5. The lowest BCUT2D eigenvalue weighted by molar-refractivity contribution is 0.0966. The lowest BCUT2D eigenvalue weighted by Crippen LogP contribution is -2.28. The van der Waals surface area contributed by atoms with E-state index in [0.717, 1.165) is 28.2 Å². The molecule has 9 heteroatoms. The molecule has 0 saturated carbocycles. The molecule has 5 rings (SSSR count). The van der Waals surface area contributed by atoms with Crippen LogP contribution in [0.1, 0.15) is 16.1 Å². The van der Waals surface area contributed by atoms with E-state index in [4.69, 9.17) is 11.6 Å². The summed E-state index contributed by atoms with van der Waals surface area (Å²) in [6.45, 7) is 5.95. The smallest absolute Gasteiger partial charge is 0.259 e. The van der Waals surface area contributed by atoms with Crippen molar-refractivity contribution < 1.29 is 4.79 Å². The molecule has 1 aliphatic carbocycles. The number of hydrogen-bond acceptors (Lipinski definition) is 6. The predicted octanol–water partition coefficient (Wildman–Crippen LogP) is 4.91. The van der Waals surface area contributed by atoms with Crippen LogP contribution in [0.15, 0.2) is 103 Å². The Hall–Kier alpha value is -4.56. The van der Waals surface area contributed by atoms with Crippen molar-refractivity contribution in [3.63, 3.8) is 0 Å². The van der Waals surface area contributed by atoms with Crippen LogP contribution in [0.25, 0.3) is 16.9 Å². The summed E-state index contributed by atoms with van der Waals surface area (Å²) in [4.78, 5) is 26.1. The molecular weight excluding hydrogens is 474 g/mol. The monoisotopic (exact) mass is 495 g/mol. The van der Waals surface area contributed by atoms with E-state index in [-0.39, 0.29) is 11.9 Å². The van der Waals surface area contributed by atoms with E-state index in [0.29, 0.717) is 22.2 Å². The number of pyridine rings is 1. The van der Waals surface area contributed by atoms with Crippen LogP contribution in [0.3, 0.4) is 0 Å². The summed E-state index contributed by atoms with van der Waals surface area (Å²) in [6.07, 6.45) is 12.2. The van der Waals surface area contributed by atoms with Gasteiger partial charge in [0.2, 0.25) is 5.95 Å². The van der Waals surface area contributed by atoms with Gasteiger partial charge >= 0.3 is 0 Å². The molecule has 178 valence electrons. The molecule has 1 aliphatic rings. The summed E-state index contributed by atoms with van der Waals surface area (Å²) in [6, 6.07) is 12.6. The molecule has 1 atom stereocenters. The Morgan fingerprint density at radius 1 is 1.08 bits per heavy atom. The fourth-order valence-electron chi connectivity index (χ4n) is 3.78. The van der Waals surface area contributed by atoms with E-state index in [9.17, 15) is 4.79 Å². The Morgan fingerprint density at radius 3 is 2.69 bits per heavy atom. The molecule has 1 amide bonds. The Balaban J connectivity index is 1.31. The highest BCUT2D eigenvalue weighted by molar-refractivity contribution is 6.30. The first kappa shape index (κ1) is 23.2. The predicted molar refractivity (Wildman–Crippen MR) is 140 cm³/mol. The molecule has 8 nitrogen and oxygen atoms in total. The zero-order valence-electron chi connectivity index (χ0n) is 19.4. The minimum atomic E-state index is -0.299. The molecule has 1 aromatic carbocycles. The average molecular weight is 496 g/mol. The van der Waals surface area contributed by atoms with Crippen LogP contribution in [0.2, 0.25) is 5.02 Å². The fourth-order valence-corrected chi connectivity index (χ4v) is 3.90. The molecule has 2 N–H and O–H groups in total. The maximum atomic E-state index is 13.0. The normalized spacial score (nSPS) is 14.9. The number of amides is 1. The van der Waals surface area contributed by atoms with Gasteiger partial charge in [0, 0.05) is 34.9 Å². The number of halogens is 1. The number of allylic oxidation sites excluding steroid dienone is 1. The summed E-state index contributed by atoms with van der Waals surface area (Å²) in [7, 11) is 0. The van der Waals surface area contributed by atoms with Gasteiger partial charge in [0.15, 0.2) is 0 Å². The van der Waals surface area contributed by atoms with Crippen LogP contribution in [0.5, 0.6) is 0 Å². The lowest BCUT2D eigenvalue weighted by atomic mass is 10.0. The van der Waals surface area contributed by atoms with Crippen LogP contribution < -0.4 is 10.6 Å². The molecule has 0 bridgehead atoms. The molecule has 1 unspecified atom stereocenters. The van der Waals surface area contributed by atoms with Gasteiger partial charge in [-0.3, -0.25) is 9.78 Å². The third kappa shape index (κ3) is 4.94. The second-order valence-electron chi connectivity index (χ2n) is 8.15. The zero-order chi connectivity index (χ0) is 25.1. The number of nitrogens with zero attached hydrogens (tertiary/aromatic N) is 5. The summed E-state index contributed by atoms with van der Waals surface area (Å²) < 4.78 is 1.70. The van der Waals surface area contributed by atoms with Crippen LogP contribution in [0, 0.1) is 6.92 Å².